The number of aliphatic hydroxyl groups is 1. The molecule has 4 rings (SSSR count). The maximum Gasteiger partial charge on any atom is 0.311 e. The van der Waals surface area contributed by atoms with Crippen molar-refractivity contribution in [1.82, 2.24) is 5.32 Å². The molecule has 2 aromatic rings. The Bertz CT molecular complexity index is 1040. The topological polar surface area (TPSA) is 88.0 Å². The molecule has 0 radical (unpaired) electrons. The van der Waals surface area contributed by atoms with Crippen LogP contribution in [0.4, 0.5) is 4.39 Å². The molecule has 178 valence electrons. The van der Waals surface area contributed by atoms with Crippen molar-refractivity contribution in [2.24, 2.45) is 5.92 Å². The van der Waals surface area contributed by atoms with Gasteiger partial charge in [-0.3, -0.25) is 4.79 Å². The van der Waals surface area contributed by atoms with Crippen LogP contribution < -0.4 is 10.1 Å². The van der Waals surface area contributed by atoms with Crippen molar-refractivity contribution in [2.45, 2.75) is 63.9 Å². The van der Waals surface area contributed by atoms with E-state index in [9.17, 15) is 19.4 Å². The lowest BCUT2D eigenvalue weighted by Crippen LogP contribution is -2.46. The summed E-state index contributed by atoms with van der Waals surface area (Å²) in [5, 5.41) is 23.0. The highest BCUT2D eigenvalue weighted by molar-refractivity contribution is 5.79. The standard InChI is InChI=1S/C26H32FNO5/c1-14-8-9-16(20(27)10-14)11-26(3,4)28-12-17(29)13-32-15(2)18-6-5-7-19-21-22(25(30)31)24(21)33-23(18)19/h5-10,15,17,21-22,24,28-29H,11-13H2,1-4H3,(H,30,31)/t15-,17-,21+,22+,24+/m1/s1. The number of ether oxygens (including phenoxy) is 2. The third kappa shape index (κ3) is 5.05. The van der Waals surface area contributed by atoms with Gasteiger partial charge in [0.1, 0.15) is 23.6 Å². The Labute approximate surface area is 193 Å². The lowest BCUT2D eigenvalue weighted by Gasteiger charge is -2.28. The van der Waals surface area contributed by atoms with E-state index in [0.29, 0.717) is 24.3 Å². The van der Waals surface area contributed by atoms with Crippen molar-refractivity contribution >= 4 is 5.97 Å². The molecule has 1 fully saturated rings. The summed E-state index contributed by atoms with van der Waals surface area (Å²) in [6.07, 6.45) is -0.848. The number of hydrogen-bond donors (Lipinski definition) is 3. The van der Waals surface area contributed by atoms with E-state index in [-0.39, 0.29) is 30.5 Å². The summed E-state index contributed by atoms with van der Waals surface area (Å²) in [5.74, 6) is -0.874. The van der Waals surface area contributed by atoms with Gasteiger partial charge in [-0.25, -0.2) is 4.39 Å². The molecule has 33 heavy (non-hydrogen) atoms. The lowest BCUT2D eigenvalue weighted by molar-refractivity contribution is -0.139. The van der Waals surface area contributed by atoms with E-state index >= 15 is 0 Å². The number of carboxylic acid groups (broad SMARTS) is 1. The molecule has 0 amide bonds. The van der Waals surface area contributed by atoms with Gasteiger partial charge in [0, 0.05) is 29.1 Å². The third-order valence-corrected chi connectivity index (χ3v) is 6.56. The smallest absolute Gasteiger partial charge is 0.311 e. The number of halogens is 1. The van der Waals surface area contributed by atoms with Crippen LogP contribution in [0.15, 0.2) is 36.4 Å². The highest BCUT2D eigenvalue weighted by atomic mass is 19.1. The van der Waals surface area contributed by atoms with E-state index in [1.807, 2.05) is 52.0 Å². The van der Waals surface area contributed by atoms with Crippen LogP contribution in [0.25, 0.3) is 0 Å². The molecule has 3 N–H and O–H groups in total. The Balaban J connectivity index is 1.28. The fraction of sp³-hybridized carbons (Fsp3) is 0.500. The number of aryl methyl sites for hydroxylation is 1. The zero-order valence-corrected chi connectivity index (χ0v) is 19.5. The highest BCUT2D eigenvalue weighted by Crippen LogP contribution is 2.59. The fourth-order valence-corrected chi connectivity index (χ4v) is 4.66. The molecule has 6 nitrogen and oxygen atoms in total. The Morgan fingerprint density at radius 1 is 1.30 bits per heavy atom. The van der Waals surface area contributed by atoms with Crippen molar-refractivity contribution in [1.29, 1.82) is 0 Å². The summed E-state index contributed by atoms with van der Waals surface area (Å²) in [7, 11) is 0. The average molecular weight is 458 g/mol. The molecule has 0 spiro atoms. The quantitative estimate of drug-likeness (QED) is 0.504. The predicted octanol–water partition coefficient (Wildman–Crippen LogP) is 3.74. The van der Waals surface area contributed by atoms with Gasteiger partial charge in [0.05, 0.1) is 18.8 Å². The third-order valence-electron chi connectivity index (χ3n) is 6.56. The largest absolute Gasteiger partial charge is 0.488 e. The van der Waals surface area contributed by atoms with Crippen molar-refractivity contribution in [3.8, 4) is 5.75 Å². The molecule has 0 aromatic heterocycles. The molecule has 7 heteroatoms. The van der Waals surface area contributed by atoms with Crippen LogP contribution in [0, 0.1) is 18.7 Å². The fourth-order valence-electron chi connectivity index (χ4n) is 4.66. The molecule has 0 bridgehead atoms. The van der Waals surface area contributed by atoms with Gasteiger partial charge in [-0.2, -0.15) is 0 Å². The summed E-state index contributed by atoms with van der Waals surface area (Å²) in [6, 6.07) is 10.9. The molecule has 5 atom stereocenters. The second-order valence-electron chi connectivity index (χ2n) is 9.90. The maximum absolute atomic E-state index is 14.2. The van der Waals surface area contributed by atoms with Crippen molar-refractivity contribution < 1.29 is 28.9 Å². The van der Waals surface area contributed by atoms with E-state index in [1.54, 1.807) is 6.07 Å². The van der Waals surface area contributed by atoms with E-state index in [4.69, 9.17) is 9.47 Å². The summed E-state index contributed by atoms with van der Waals surface area (Å²) >= 11 is 0. The minimum absolute atomic E-state index is 0.0833. The van der Waals surface area contributed by atoms with Crippen LogP contribution in [0.5, 0.6) is 5.75 Å². The zero-order valence-electron chi connectivity index (χ0n) is 19.5. The van der Waals surface area contributed by atoms with Crippen LogP contribution in [-0.4, -0.2) is 47.1 Å². The van der Waals surface area contributed by atoms with E-state index < -0.39 is 23.5 Å². The number of β-amino-alcohol motifs (C(OH)–C–C–N with tert-alkyl or cyclic N) is 1. The molecule has 1 saturated carbocycles. The summed E-state index contributed by atoms with van der Waals surface area (Å²) in [6.45, 7) is 8.13. The Morgan fingerprint density at radius 2 is 2.06 bits per heavy atom. The molecule has 0 saturated heterocycles. The van der Waals surface area contributed by atoms with Crippen LogP contribution >= 0.6 is 0 Å². The molecular weight excluding hydrogens is 425 g/mol. The van der Waals surface area contributed by atoms with Gasteiger partial charge in [0.15, 0.2) is 0 Å². The van der Waals surface area contributed by atoms with Gasteiger partial charge in [-0.05, 0) is 51.3 Å². The molecular formula is C26H32FNO5. The number of aliphatic carboxylic acids is 1. The lowest BCUT2D eigenvalue weighted by atomic mass is 9.94. The number of hydrogen-bond acceptors (Lipinski definition) is 5. The van der Waals surface area contributed by atoms with Crippen LogP contribution in [0.1, 0.15) is 55.0 Å². The van der Waals surface area contributed by atoms with Crippen LogP contribution in [0.3, 0.4) is 0 Å². The number of nitrogens with one attached hydrogen (secondary N) is 1. The van der Waals surface area contributed by atoms with Crippen molar-refractivity contribution in [3.05, 3.63) is 64.5 Å². The van der Waals surface area contributed by atoms with Crippen LogP contribution in [0.2, 0.25) is 0 Å². The van der Waals surface area contributed by atoms with Gasteiger partial charge in [-0.15, -0.1) is 0 Å². The highest BCUT2D eigenvalue weighted by Gasteiger charge is 2.63. The second-order valence-corrected chi connectivity index (χ2v) is 9.90. The monoisotopic (exact) mass is 457 g/mol. The zero-order chi connectivity index (χ0) is 23.9. The maximum atomic E-state index is 14.2. The molecule has 1 aliphatic carbocycles. The van der Waals surface area contributed by atoms with Gasteiger partial charge >= 0.3 is 5.97 Å². The van der Waals surface area contributed by atoms with E-state index in [1.165, 1.54) is 6.07 Å². The molecule has 1 heterocycles. The predicted molar refractivity (Wildman–Crippen MR) is 122 cm³/mol. The first-order valence-electron chi connectivity index (χ1n) is 11.4. The van der Waals surface area contributed by atoms with Gasteiger partial charge < -0.3 is 25.0 Å². The number of aliphatic hydroxyl groups excluding tert-OH is 1. The SMILES string of the molecule is Cc1ccc(CC(C)(C)NC[C@@H](O)CO[C@H](C)c2cccc3c2O[C@@H]2[C@@H](C(=O)O)[C@H]32)c(F)c1. The van der Waals surface area contributed by atoms with Gasteiger partial charge in [0.25, 0.3) is 0 Å². The first kappa shape index (κ1) is 23.7. The minimum Gasteiger partial charge on any atom is -0.488 e. The number of fused-ring (bicyclic) bond motifs is 3. The van der Waals surface area contributed by atoms with Crippen LogP contribution in [-0.2, 0) is 16.0 Å². The Kier molecular flexibility index (Phi) is 6.49. The number of para-hydroxylation sites is 1. The number of carboxylic acids is 1. The summed E-state index contributed by atoms with van der Waals surface area (Å²) in [5.41, 5.74) is 2.90. The van der Waals surface area contributed by atoms with E-state index in [0.717, 1.165) is 16.7 Å². The van der Waals surface area contributed by atoms with Crippen molar-refractivity contribution in [2.75, 3.05) is 13.2 Å². The Morgan fingerprint density at radius 3 is 2.76 bits per heavy atom. The Hall–Kier alpha value is -2.48. The second kappa shape index (κ2) is 9.05. The van der Waals surface area contributed by atoms with E-state index in [2.05, 4.69) is 5.32 Å². The first-order valence-corrected chi connectivity index (χ1v) is 11.4. The minimum atomic E-state index is -0.825. The average Bonchev–Trinajstić information content (AvgIpc) is 3.35. The van der Waals surface area contributed by atoms with Gasteiger partial charge in [-0.1, -0.05) is 30.3 Å². The normalized spacial score (nSPS) is 22.8. The molecule has 2 aromatic carbocycles. The first-order chi connectivity index (χ1) is 15.6. The van der Waals surface area contributed by atoms with Crippen molar-refractivity contribution in [3.63, 3.8) is 0 Å². The number of benzene rings is 2. The van der Waals surface area contributed by atoms with Gasteiger partial charge in [0.2, 0.25) is 0 Å². The number of rotatable bonds is 10. The molecule has 0 unspecified atom stereocenters. The molecule has 1 aliphatic heterocycles. The summed E-state index contributed by atoms with van der Waals surface area (Å²) in [4.78, 5) is 11.3. The summed E-state index contributed by atoms with van der Waals surface area (Å²) < 4.78 is 26.0. The molecule has 2 aliphatic rings. The number of carbonyl (C=O) groups is 1.